The topological polar surface area (TPSA) is 3.24 Å². The number of likely N-dealkylation sites (tertiary alicyclic amines) is 1. The Hall–Kier alpha value is -0.440. The first kappa shape index (κ1) is 12.0. The van der Waals surface area contributed by atoms with Gasteiger partial charge in [-0.25, -0.2) is 0 Å². The van der Waals surface area contributed by atoms with Crippen molar-refractivity contribution in [3.63, 3.8) is 0 Å². The first-order chi connectivity index (χ1) is 7.56. The van der Waals surface area contributed by atoms with Crippen molar-refractivity contribution in [3.8, 4) is 0 Å². The van der Waals surface area contributed by atoms with E-state index < -0.39 is 6.08 Å². The summed E-state index contributed by atoms with van der Waals surface area (Å²) < 4.78 is 24.8. The summed E-state index contributed by atoms with van der Waals surface area (Å²) in [5, 5.41) is 0. The minimum absolute atomic E-state index is 0.377. The van der Waals surface area contributed by atoms with Gasteiger partial charge in [0, 0.05) is 19.1 Å². The average Bonchev–Trinajstić information content (AvgIpc) is 2.25. The minimum atomic E-state index is -1.42. The summed E-state index contributed by atoms with van der Waals surface area (Å²) in [6, 6.07) is 0.653. The third-order valence-corrected chi connectivity index (χ3v) is 4.47. The number of allylic oxidation sites excluding steroid dienone is 1. The van der Waals surface area contributed by atoms with Crippen LogP contribution in [0.3, 0.4) is 0 Å². The zero-order valence-corrected chi connectivity index (χ0v) is 10.2. The number of halogens is 2. The van der Waals surface area contributed by atoms with E-state index in [9.17, 15) is 8.78 Å². The van der Waals surface area contributed by atoms with Gasteiger partial charge < -0.3 is 0 Å². The Kier molecular flexibility index (Phi) is 3.34. The largest absolute Gasteiger partial charge is 0.299 e. The first-order valence-electron chi connectivity index (χ1n) is 6.33. The normalized spacial score (nSPS) is 26.6. The molecule has 92 valence electrons. The standard InChI is InChI=1S/C13H21F2N/c1-3-10(2)16-8-13(9-16)6-4-11(5-7-13)12(14)15/h10H,3-9H2,1-2H3/t10-/m1/s1. The molecule has 1 nitrogen and oxygen atoms in total. The van der Waals surface area contributed by atoms with Crippen LogP contribution in [-0.2, 0) is 0 Å². The molecule has 16 heavy (non-hydrogen) atoms. The lowest BCUT2D eigenvalue weighted by molar-refractivity contribution is -0.0456. The molecule has 0 amide bonds. The maximum atomic E-state index is 12.4. The van der Waals surface area contributed by atoms with Crippen LogP contribution in [0.2, 0.25) is 0 Å². The highest BCUT2D eigenvalue weighted by Gasteiger charge is 2.45. The quantitative estimate of drug-likeness (QED) is 0.696. The van der Waals surface area contributed by atoms with E-state index in [4.69, 9.17) is 0 Å². The summed E-state index contributed by atoms with van der Waals surface area (Å²) in [5.74, 6) is 0. The molecule has 1 saturated carbocycles. The molecular weight excluding hydrogens is 208 g/mol. The van der Waals surface area contributed by atoms with Crippen molar-refractivity contribution < 1.29 is 8.78 Å². The van der Waals surface area contributed by atoms with Crippen LogP contribution >= 0.6 is 0 Å². The van der Waals surface area contributed by atoms with Crippen molar-refractivity contribution >= 4 is 0 Å². The Morgan fingerprint density at radius 3 is 2.31 bits per heavy atom. The molecule has 0 N–H and O–H groups in total. The van der Waals surface area contributed by atoms with Gasteiger partial charge in [0.15, 0.2) is 0 Å². The average molecular weight is 229 g/mol. The van der Waals surface area contributed by atoms with Crippen molar-refractivity contribution in [1.82, 2.24) is 4.90 Å². The van der Waals surface area contributed by atoms with Crippen molar-refractivity contribution in [2.75, 3.05) is 13.1 Å². The second-order valence-corrected chi connectivity index (χ2v) is 5.53. The molecule has 2 aliphatic rings. The number of hydrogen-bond donors (Lipinski definition) is 0. The van der Waals surface area contributed by atoms with E-state index in [1.54, 1.807) is 0 Å². The molecule has 1 atom stereocenters. The third-order valence-electron chi connectivity index (χ3n) is 4.47. The monoisotopic (exact) mass is 229 g/mol. The van der Waals surface area contributed by atoms with Gasteiger partial charge in [-0.3, -0.25) is 4.90 Å². The molecule has 0 unspecified atom stereocenters. The van der Waals surface area contributed by atoms with Gasteiger partial charge in [-0.1, -0.05) is 6.92 Å². The molecule has 1 aliphatic heterocycles. The molecule has 3 heteroatoms. The fourth-order valence-electron chi connectivity index (χ4n) is 2.97. The predicted molar refractivity (Wildman–Crippen MR) is 61.5 cm³/mol. The number of hydrogen-bond acceptors (Lipinski definition) is 1. The molecule has 0 bridgehead atoms. The maximum Gasteiger partial charge on any atom is 0.269 e. The predicted octanol–water partition coefficient (Wildman–Crippen LogP) is 3.81. The number of rotatable bonds is 2. The molecule has 0 aromatic heterocycles. The molecular formula is C13H21F2N. The van der Waals surface area contributed by atoms with Crippen LogP contribution in [0.5, 0.6) is 0 Å². The summed E-state index contributed by atoms with van der Waals surface area (Å²) in [6.07, 6.45) is 2.93. The van der Waals surface area contributed by atoms with Gasteiger partial charge in [0.2, 0.25) is 0 Å². The summed E-state index contributed by atoms with van der Waals surface area (Å²) in [6.45, 7) is 6.71. The second-order valence-electron chi connectivity index (χ2n) is 5.53. The highest BCUT2D eigenvalue weighted by molar-refractivity contribution is 5.11. The molecule has 1 saturated heterocycles. The van der Waals surface area contributed by atoms with Gasteiger partial charge >= 0.3 is 0 Å². The highest BCUT2D eigenvalue weighted by Crippen LogP contribution is 2.46. The molecule has 0 radical (unpaired) electrons. The van der Waals surface area contributed by atoms with Crippen LogP contribution in [0.4, 0.5) is 8.78 Å². The number of nitrogens with zero attached hydrogens (tertiary/aromatic N) is 1. The van der Waals surface area contributed by atoms with Crippen molar-refractivity contribution in [3.05, 3.63) is 11.7 Å². The Bertz CT molecular complexity index is 276. The van der Waals surface area contributed by atoms with Crippen molar-refractivity contribution in [2.24, 2.45) is 5.41 Å². The Labute approximate surface area is 96.5 Å². The molecule has 2 fully saturated rings. The Morgan fingerprint density at radius 1 is 1.31 bits per heavy atom. The maximum absolute atomic E-state index is 12.4. The summed E-state index contributed by atoms with van der Waals surface area (Å²) in [5.41, 5.74) is 0.787. The van der Waals surface area contributed by atoms with E-state index in [0.29, 0.717) is 29.9 Å². The van der Waals surface area contributed by atoms with E-state index in [1.807, 2.05) is 0 Å². The lowest BCUT2D eigenvalue weighted by atomic mass is 9.67. The van der Waals surface area contributed by atoms with E-state index in [0.717, 1.165) is 25.9 Å². The Balaban J connectivity index is 1.85. The van der Waals surface area contributed by atoms with E-state index in [1.165, 1.54) is 6.42 Å². The van der Waals surface area contributed by atoms with Crippen molar-refractivity contribution in [2.45, 2.75) is 52.0 Å². The molecule has 2 rings (SSSR count). The van der Waals surface area contributed by atoms with E-state index in [-0.39, 0.29) is 0 Å². The molecule has 1 spiro atoms. The van der Waals surface area contributed by atoms with Crippen LogP contribution in [0.1, 0.15) is 46.0 Å². The highest BCUT2D eigenvalue weighted by atomic mass is 19.3. The molecule has 1 aliphatic carbocycles. The SMILES string of the molecule is CC[C@@H](C)N1CC2(CCC(=C(F)F)CC2)C1. The lowest BCUT2D eigenvalue weighted by Crippen LogP contribution is -2.59. The fraction of sp³-hybridized carbons (Fsp3) is 0.846. The van der Waals surface area contributed by atoms with Crippen LogP contribution in [0.25, 0.3) is 0 Å². The van der Waals surface area contributed by atoms with Crippen LogP contribution in [0.15, 0.2) is 11.7 Å². The summed E-state index contributed by atoms with van der Waals surface area (Å²) >= 11 is 0. The fourth-order valence-corrected chi connectivity index (χ4v) is 2.97. The summed E-state index contributed by atoms with van der Waals surface area (Å²) in [4.78, 5) is 2.49. The van der Waals surface area contributed by atoms with Gasteiger partial charge in [-0.15, -0.1) is 0 Å². The van der Waals surface area contributed by atoms with Gasteiger partial charge in [0.05, 0.1) is 0 Å². The van der Waals surface area contributed by atoms with Gasteiger partial charge in [-0.05, 0) is 50.0 Å². The zero-order valence-electron chi connectivity index (χ0n) is 10.2. The third kappa shape index (κ3) is 2.15. The van der Waals surface area contributed by atoms with Gasteiger partial charge in [0.1, 0.15) is 0 Å². The van der Waals surface area contributed by atoms with Crippen LogP contribution < -0.4 is 0 Å². The summed E-state index contributed by atoms with van der Waals surface area (Å²) in [7, 11) is 0. The van der Waals surface area contributed by atoms with Crippen LogP contribution in [0, 0.1) is 5.41 Å². The smallest absolute Gasteiger partial charge is 0.269 e. The lowest BCUT2D eigenvalue weighted by Gasteiger charge is -2.55. The van der Waals surface area contributed by atoms with Gasteiger partial charge in [0.25, 0.3) is 6.08 Å². The van der Waals surface area contributed by atoms with E-state index in [2.05, 4.69) is 18.7 Å². The first-order valence-corrected chi connectivity index (χ1v) is 6.33. The zero-order chi connectivity index (χ0) is 11.8. The molecule has 0 aromatic rings. The minimum Gasteiger partial charge on any atom is -0.299 e. The van der Waals surface area contributed by atoms with Gasteiger partial charge in [-0.2, -0.15) is 8.78 Å². The molecule has 0 aromatic carbocycles. The van der Waals surface area contributed by atoms with E-state index >= 15 is 0 Å². The molecule has 1 heterocycles. The van der Waals surface area contributed by atoms with Crippen LogP contribution in [-0.4, -0.2) is 24.0 Å². The second kappa shape index (κ2) is 4.44. The van der Waals surface area contributed by atoms with Crippen molar-refractivity contribution in [1.29, 1.82) is 0 Å². The Morgan fingerprint density at radius 2 is 1.88 bits per heavy atom.